The highest BCUT2D eigenvalue weighted by Crippen LogP contribution is 2.39. The van der Waals surface area contributed by atoms with E-state index in [0.717, 1.165) is 0 Å². The summed E-state index contributed by atoms with van der Waals surface area (Å²) in [5, 5.41) is 11.9. The Morgan fingerprint density at radius 3 is 2.77 bits per heavy atom. The maximum Gasteiger partial charge on any atom is 0.290 e. The number of halogens is 1. The third-order valence-corrected chi connectivity index (χ3v) is 5.31. The molecular weight excluding hydrogens is 412 g/mol. The van der Waals surface area contributed by atoms with Gasteiger partial charge in [0.1, 0.15) is 5.58 Å². The predicted molar refractivity (Wildman–Crippen MR) is 110 cm³/mol. The molecule has 154 valence electrons. The van der Waals surface area contributed by atoms with Crippen LogP contribution in [0.15, 0.2) is 51.7 Å². The largest absolute Gasteiger partial charge is 0.450 e. The second kappa shape index (κ2) is 7.89. The lowest BCUT2D eigenvalue weighted by atomic mass is 9.98. The number of fused-ring (bicyclic) bond motifs is 2. The molecule has 0 N–H and O–H groups in total. The average molecular weight is 429 g/mol. The third-order valence-electron chi connectivity index (χ3n) is 5.07. The molecule has 0 bridgehead atoms. The number of non-ortho nitro benzene ring substituents is 1. The first-order chi connectivity index (χ1) is 14.4. The molecule has 9 heteroatoms. The van der Waals surface area contributed by atoms with Crippen molar-refractivity contribution >= 4 is 34.2 Å². The third kappa shape index (κ3) is 3.34. The smallest absolute Gasteiger partial charge is 0.290 e. The van der Waals surface area contributed by atoms with Crippen LogP contribution in [0.25, 0.3) is 11.0 Å². The summed E-state index contributed by atoms with van der Waals surface area (Å²) in [4.78, 5) is 38.7. The number of nitrogens with zero attached hydrogens (tertiary/aromatic N) is 2. The molecule has 0 radical (unpaired) electrons. The molecule has 1 amide bonds. The highest BCUT2D eigenvalue weighted by atomic mass is 35.5. The number of carbonyl (C=O) groups excluding carboxylic acids is 1. The summed E-state index contributed by atoms with van der Waals surface area (Å²) in [7, 11) is 1.56. The predicted octanol–water partition coefficient (Wildman–Crippen LogP) is 3.94. The number of hydrogen-bond donors (Lipinski definition) is 0. The van der Waals surface area contributed by atoms with Gasteiger partial charge in [-0.1, -0.05) is 23.7 Å². The van der Waals surface area contributed by atoms with Gasteiger partial charge < -0.3 is 14.1 Å². The van der Waals surface area contributed by atoms with E-state index in [0.29, 0.717) is 30.2 Å². The van der Waals surface area contributed by atoms with Crippen molar-refractivity contribution in [1.82, 2.24) is 4.90 Å². The summed E-state index contributed by atoms with van der Waals surface area (Å²) < 4.78 is 10.9. The summed E-state index contributed by atoms with van der Waals surface area (Å²) in [5.74, 6) is -0.490. The number of nitro benzene ring substituents is 1. The number of ether oxygens (including phenoxy) is 1. The molecule has 2 aromatic carbocycles. The highest BCUT2D eigenvalue weighted by Gasteiger charge is 2.42. The number of rotatable bonds is 6. The Hall–Kier alpha value is -3.23. The number of hydrogen-bond acceptors (Lipinski definition) is 6. The molecule has 4 rings (SSSR count). The SMILES string of the molecule is COCCCN1C(=O)c2oc3ccc(Cl)cc3c(=O)c2C1c1cccc([N+](=O)[O-])c1. The molecule has 2 heterocycles. The normalized spacial score (nSPS) is 15.6. The minimum absolute atomic E-state index is 0.0521. The van der Waals surface area contributed by atoms with Gasteiger partial charge in [-0.3, -0.25) is 19.7 Å². The zero-order chi connectivity index (χ0) is 21.4. The Morgan fingerprint density at radius 2 is 2.03 bits per heavy atom. The molecule has 1 atom stereocenters. The summed E-state index contributed by atoms with van der Waals surface area (Å²) in [6.45, 7) is 0.710. The van der Waals surface area contributed by atoms with Gasteiger partial charge in [0.2, 0.25) is 5.76 Å². The van der Waals surface area contributed by atoms with Gasteiger partial charge in [-0.2, -0.15) is 0 Å². The van der Waals surface area contributed by atoms with Gasteiger partial charge in [0.05, 0.1) is 21.9 Å². The van der Waals surface area contributed by atoms with Crippen molar-refractivity contribution in [2.24, 2.45) is 0 Å². The van der Waals surface area contributed by atoms with Gasteiger partial charge >= 0.3 is 0 Å². The summed E-state index contributed by atoms with van der Waals surface area (Å²) >= 11 is 6.05. The first-order valence-electron chi connectivity index (χ1n) is 9.23. The maximum absolute atomic E-state index is 13.3. The Morgan fingerprint density at radius 1 is 1.23 bits per heavy atom. The van der Waals surface area contributed by atoms with E-state index in [4.69, 9.17) is 20.8 Å². The van der Waals surface area contributed by atoms with Crippen molar-refractivity contribution in [3.63, 3.8) is 0 Å². The van der Waals surface area contributed by atoms with Crippen molar-refractivity contribution < 1.29 is 18.9 Å². The van der Waals surface area contributed by atoms with Crippen molar-refractivity contribution in [3.8, 4) is 0 Å². The molecular formula is C21H17ClN2O6. The number of carbonyl (C=O) groups is 1. The Bertz CT molecular complexity index is 1220. The van der Waals surface area contributed by atoms with Crippen LogP contribution in [-0.4, -0.2) is 36.0 Å². The fraction of sp³-hybridized carbons (Fsp3) is 0.238. The molecule has 1 aliphatic heterocycles. The quantitative estimate of drug-likeness (QED) is 0.334. The van der Waals surface area contributed by atoms with Crippen molar-refractivity contribution in [2.45, 2.75) is 12.5 Å². The number of methoxy groups -OCH3 is 1. The molecule has 30 heavy (non-hydrogen) atoms. The Kier molecular flexibility index (Phi) is 5.27. The van der Waals surface area contributed by atoms with Crippen molar-refractivity contribution in [2.75, 3.05) is 20.3 Å². The second-order valence-electron chi connectivity index (χ2n) is 6.91. The molecule has 0 saturated heterocycles. The second-order valence-corrected chi connectivity index (χ2v) is 7.35. The van der Waals surface area contributed by atoms with E-state index in [-0.39, 0.29) is 33.4 Å². The van der Waals surface area contributed by atoms with Crippen LogP contribution in [0.3, 0.4) is 0 Å². The molecule has 0 saturated carbocycles. The van der Waals surface area contributed by atoms with Gasteiger partial charge in [-0.15, -0.1) is 0 Å². The van der Waals surface area contributed by atoms with Gasteiger partial charge in [0.25, 0.3) is 11.6 Å². The van der Waals surface area contributed by atoms with E-state index < -0.39 is 16.9 Å². The molecule has 3 aromatic rings. The molecule has 1 unspecified atom stereocenters. The monoisotopic (exact) mass is 428 g/mol. The van der Waals surface area contributed by atoms with E-state index >= 15 is 0 Å². The molecule has 0 fully saturated rings. The lowest BCUT2D eigenvalue weighted by molar-refractivity contribution is -0.384. The number of amides is 1. The van der Waals surface area contributed by atoms with Gasteiger partial charge in [-0.25, -0.2) is 0 Å². The molecule has 8 nitrogen and oxygen atoms in total. The number of nitro groups is 1. The molecule has 0 aliphatic carbocycles. The van der Waals surface area contributed by atoms with Crippen molar-refractivity contribution in [1.29, 1.82) is 0 Å². The van der Waals surface area contributed by atoms with Gasteiger partial charge in [0, 0.05) is 37.4 Å². The minimum atomic E-state index is -0.802. The lowest BCUT2D eigenvalue weighted by Crippen LogP contribution is -2.31. The Labute approximate surface area is 175 Å². The first kappa shape index (κ1) is 20.1. The number of benzene rings is 2. The van der Waals surface area contributed by atoms with Crippen molar-refractivity contribution in [3.05, 3.63) is 84.7 Å². The minimum Gasteiger partial charge on any atom is -0.450 e. The van der Waals surface area contributed by atoms with E-state index in [1.54, 1.807) is 25.3 Å². The van der Waals surface area contributed by atoms with Crippen LogP contribution in [0, 0.1) is 10.1 Å². The maximum atomic E-state index is 13.3. The van der Waals surface area contributed by atoms with E-state index in [9.17, 15) is 19.7 Å². The fourth-order valence-electron chi connectivity index (χ4n) is 3.76. The zero-order valence-corrected chi connectivity index (χ0v) is 16.7. The summed E-state index contributed by atoms with van der Waals surface area (Å²) in [6, 6.07) is 9.73. The summed E-state index contributed by atoms with van der Waals surface area (Å²) in [6.07, 6.45) is 0.529. The van der Waals surface area contributed by atoms with Gasteiger partial charge in [-0.05, 0) is 30.2 Å². The molecule has 1 aliphatic rings. The first-order valence-corrected chi connectivity index (χ1v) is 9.60. The van der Waals surface area contributed by atoms with Crippen LogP contribution in [0.2, 0.25) is 5.02 Å². The van der Waals surface area contributed by atoms with Crippen LogP contribution in [-0.2, 0) is 4.74 Å². The molecule has 0 spiro atoms. The van der Waals surface area contributed by atoms with Crippen LogP contribution < -0.4 is 5.43 Å². The van der Waals surface area contributed by atoms with E-state index in [1.165, 1.54) is 29.2 Å². The zero-order valence-electron chi connectivity index (χ0n) is 16.0. The van der Waals surface area contributed by atoms with E-state index in [2.05, 4.69) is 0 Å². The van der Waals surface area contributed by atoms with Crippen LogP contribution in [0.4, 0.5) is 5.69 Å². The van der Waals surface area contributed by atoms with Gasteiger partial charge in [0.15, 0.2) is 5.43 Å². The topological polar surface area (TPSA) is 103 Å². The summed E-state index contributed by atoms with van der Waals surface area (Å²) in [5.41, 5.74) is 0.370. The Balaban J connectivity index is 1.93. The van der Waals surface area contributed by atoms with Crippen LogP contribution in [0.5, 0.6) is 0 Å². The average Bonchev–Trinajstić information content (AvgIpc) is 3.01. The highest BCUT2D eigenvalue weighted by molar-refractivity contribution is 6.31. The van der Waals surface area contributed by atoms with Crippen LogP contribution >= 0.6 is 11.6 Å². The molecule has 1 aromatic heterocycles. The fourth-order valence-corrected chi connectivity index (χ4v) is 3.93. The van der Waals surface area contributed by atoms with Crippen LogP contribution in [0.1, 0.15) is 34.1 Å². The van der Waals surface area contributed by atoms with E-state index in [1.807, 2.05) is 0 Å². The standard InChI is InChI=1S/C21H17ClN2O6/c1-29-9-3-8-23-18(12-4-2-5-14(10-12)24(27)28)17-19(25)15-11-13(22)6-7-16(15)30-20(17)21(23)26/h2,4-7,10-11,18H,3,8-9H2,1H3. The lowest BCUT2D eigenvalue weighted by Gasteiger charge is -2.24.